The second kappa shape index (κ2) is 1.46. The van der Waals surface area contributed by atoms with Crippen LogP contribution in [0.2, 0.25) is 0 Å². The second-order valence-electron chi connectivity index (χ2n) is 2.36. The molecule has 42 valence electrons. The summed E-state index contributed by atoms with van der Waals surface area (Å²) in [7, 11) is 0. The van der Waals surface area contributed by atoms with E-state index in [0.29, 0.717) is 12.5 Å². The predicted molar refractivity (Wildman–Crippen MR) is 32.5 cm³/mol. The van der Waals surface area contributed by atoms with Crippen molar-refractivity contribution in [3.63, 3.8) is 0 Å². The fraction of sp³-hybridized carbons (Fsp3) is 1.00. The fourth-order valence-electron chi connectivity index (χ4n) is 0.678. The molecule has 1 fully saturated rings. The SMILES string of the molecule is C[C@]1(Br)C[C@H]1CO. The molecule has 1 rings (SSSR count). The summed E-state index contributed by atoms with van der Waals surface area (Å²) in [6, 6.07) is 0. The zero-order valence-electron chi connectivity index (χ0n) is 4.32. The lowest BCUT2D eigenvalue weighted by Crippen LogP contribution is -1.96. The lowest BCUT2D eigenvalue weighted by Gasteiger charge is -1.92. The van der Waals surface area contributed by atoms with Gasteiger partial charge in [-0.1, -0.05) is 15.9 Å². The largest absolute Gasteiger partial charge is 0.396 e. The van der Waals surface area contributed by atoms with Crippen molar-refractivity contribution in [2.45, 2.75) is 17.7 Å². The van der Waals surface area contributed by atoms with Crippen LogP contribution >= 0.6 is 15.9 Å². The summed E-state index contributed by atoms with van der Waals surface area (Å²) in [5, 5.41) is 8.51. The Balaban J connectivity index is 2.30. The van der Waals surface area contributed by atoms with Crippen molar-refractivity contribution < 1.29 is 5.11 Å². The molecule has 0 aromatic rings. The minimum atomic E-state index is 0.280. The maximum Gasteiger partial charge on any atom is 0.0473 e. The zero-order valence-corrected chi connectivity index (χ0v) is 5.90. The monoisotopic (exact) mass is 164 g/mol. The molecule has 0 aromatic heterocycles. The van der Waals surface area contributed by atoms with E-state index in [1.54, 1.807) is 0 Å². The third kappa shape index (κ3) is 0.970. The van der Waals surface area contributed by atoms with Gasteiger partial charge in [-0.15, -0.1) is 0 Å². The van der Waals surface area contributed by atoms with Crippen LogP contribution in [-0.4, -0.2) is 16.0 Å². The number of rotatable bonds is 1. The van der Waals surface area contributed by atoms with Gasteiger partial charge in [-0.05, 0) is 19.3 Å². The van der Waals surface area contributed by atoms with E-state index in [-0.39, 0.29) is 4.32 Å². The maximum absolute atomic E-state index is 8.51. The Morgan fingerprint density at radius 1 is 2.00 bits per heavy atom. The molecule has 0 radical (unpaired) electrons. The van der Waals surface area contributed by atoms with Gasteiger partial charge >= 0.3 is 0 Å². The van der Waals surface area contributed by atoms with E-state index >= 15 is 0 Å². The Hall–Kier alpha value is 0.440. The van der Waals surface area contributed by atoms with E-state index in [0.717, 1.165) is 6.42 Å². The van der Waals surface area contributed by atoms with Gasteiger partial charge in [-0.3, -0.25) is 0 Å². The van der Waals surface area contributed by atoms with Crippen LogP contribution < -0.4 is 0 Å². The van der Waals surface area contributed by atoms with Crippen LogP contribution in [0.25, 0.3) is 0 Å². The minimum Gasteiger partial charge on any atom is -0.396 e. The van der Waals surface area contributed by atoms with E-state index in [1.165, 1.54) is 0 Å². The zero-order chi connectivity index (χ0) is 5.49. The number of halogens is 1. The van der Waals surface area contributed by atoms with Crippen LogP contribution in [0, 0.1) is 5.92 Å². The summed E-state index contributed by atoms with van der Waals surface area (Å²) >= 11 is 3.45. The van der Waals surface area contributed by atoms with Crippen molar-refractivity contribution >= 4 is 15.9 Å². The summed E-state index contributed by atoms with van der Waals surface area (Å²) in [5.74, 6) is 0.521. The van der Waals surface area contributed by atoms with Crippen molar-refractivity contribution in [2.75, 3.05) is 6.61 Å². The highest BCUT2D eigenvalue weighted by Gasteiger charge is 2.46. The highest BCUT2D eigenvalue weighted by Crippen LogP contribution is 2.50. The first kappa shape index (κ1) is 5.57. The molecule has 1 aliphatic rings. The molecule has 0 aromatic carbocycles. The molecule has 1 aliphatic carbocycles. The second-order valence-corrected chi connectivity index (χ2v) is 4.17. The van der Waals surface area contributed by atoms with E-state index < -0.39 is 0 Å². The van der Waals surface area contributed by atoms with Gasteiger partial charge in [0.2, 0.25) is 0 Å². The molecule has 0 bridgehead atoms. The number of hydrogen-bond acceptors (Lipinski definition) is 1. The van der Waals surface area contributed by atoms with Gasteiger partial charge in [0.15, 0.2) is 0 Å². The molecule has 0 heterocycles. The molecule has 0 amide bonds. The number of aliphatic hydroxyl groups excluding tert-OH is 1. The number of hydrogen-bond donors (Lipinski definition) is 1. The quantitative estimate of drug-likeness (QED) is 0.578. The molecule has 1 nitrogen and oxygen atoms in total. The molecular weight excluding hydrogens is 156 g/mol. The van der Waals surface area contributed by atoms with Gasteiger partial charge in [0.1, 0.15) is 0 Å². The van der Waals surface area contributed by atoms with Gasteiger partial charge < -0.3 is 5.11 Å². The Morgan fingerprint density at radius 3 is 2.43 bits per heavy atom. The van der Waals surface area contributed by atoms with Crippen LogP contribution in [0.1, 0.15) is 13.3 Å². The Labute approximate surface area is 51.9 Å². The van der Waals surface area contributed by atoms with Crippen molar-refractivity contribution in [2.24, 2.45) is 5.92 Å². The third-order valence-corrected chi connectivity index (χ3v) is 2.53. The van der Waals surface area contributed by atoms with Crippen LogP contribution in [0.5, 0.6) is 0 Å². The van der Waals surface area contributed by atoms with Gasteiger partial charge in [0.25, 0.3) is 0 Å². The normalized spacial score (nSPS) is 49.3. The average Bonchev–Trinajstić information content (AvgIpc) is 2.13. The molecule has 0 saturated heterocycles. The first-order valence-corrected chi connectivity index (χ1v) is 3.26. The lowest BCUT2D eigenvalue weighted by atomic mass is 10.4. The fourth-order valence-corrected chi connectivity index (χ4v) is 1.21. The van der Waals surface area contributed by atoms with E-state index in [4.69, 9.17) is 5.11 Å². The first-order valence-electron chi connectivity index (χ1n) is 2.46. The Bertz CT molecular complexity index is 80.1. The van der Waals surface area contributed by atoms with Crippen molar-refractivity contribution in [1.82, 2.24) is 0 Å². The third-order valence-electron chi connectivity index (χ3n) is 1.56. The minimum absolute atomic E-state index is 0.280. The molecule has 2 atom stereocenters. The highest BCUT2D eigenvalue weighted by molar-refractivity contribution is 9.10. The summed E-state index contributed by atoms with van der Waals surface area (Å²) in [4.78, 5) is 0. The maximum atomic E-state index is 8.51. The van der Waals surface area contributed by atoms with E-state index in [2.05, 4.69) is 22.9 Å². The first-order chi connectivity index (χ1) is 3.17. The van der Waals surface area contributed by atoms with Gasteiger partial charge in [-0.25, -0.2) is 0 Å². The Kier molecular flexibility index (Phi) is 1.16. The summed E-state index contributed by atoms with van der Waals surface area (Å²) in [6.45, 7) is 2.44. The average molecular weight is 165 g/mol. The van der Waals surface area contributed by atoms with Crippen LogP contribution in [0.15, 0.2) is 0 Å². The van der Waals surface area contributed by atoms with Gasteiger partial charge in [-0.2, -0.15) is 0 Å². The van der Waals surface area contributed by atoms with Gasteiger partial charge in [0.05, 0.1) is 0 Å². The van der Waals surface area contributed by atoms with Crippen LogP contribution in [-0.2, 0) is 0 Å². The number of alkyl halides is 1. The Morgan fingerprint density at radius 2 is 2.43 bits per heavy atom. The van der Waals surface area contributed by atoms with Crippen molar-refractivity contribution in [3.8, 4) is 0 Å². The van der Waals surface area contributed by atoms with Crippen molar-refractivity contribution in [3.05, 3.63) is 0 Å². The van der Waals surface area contributed by atoms with E-state index in [1.807, 2.05) is 0 Å². The number of aliphatic hydroxyl groups is 1. The molecule has 2 heteroatoms. The smallest absolute Gasteiger partial charge is 0.0473 e. The van der Waals surface area contributed by atoms with Crippen LogP contribution in [0.4, 0.5) is 0 Å². The summed E-state index contributed by atoms with van der Waals surface area (Å²) in [5.41, 5.74) is 0. The van der Waals surface area contributed by atoms with Crippen molar-refractivity contribution in [1.29, 1.82) is 0 Å². The lowest BCUT2D eigenvalue weighted by molar-refractivity contribution is 0.273. The summed E-state index contributed by atoms with van der Waals surface area (Å²) in [6.07, 6.45) is 1.13. The van der Waals surface area contributed by atoms with Gasteiger partial charge in [0, 0.05) is 10.9 Å². The summed E-state index contributed by atoms with van der Waals surface area (Å²) < 4.78 is 0.280. The molecule has 0 unspecified atom stereocenters. The predicted octanol–water partition coefficient (Wildman–Crippen LogP) is 1.15. The molecule has 1 N–H and O–H groups in total. The molecular formula is C5H9BrO. The molecule has 0 spiro atoms. The standard InChI is InChI=1S/C5H9BrO/c1-5(6)2-4(5)3-7/h4,7H,2-3H2,1H3/t4-,5-/m0/s1. The molecule has 7 heavy (non-hydrogen) atoms. The topological polar surface area (TPSA) is 20.2 Å². The van der Waals surface area contributed by atoms with Crippen LogP contribution in [0.3, 0.4) is 0 Å². The molecule has 0 aliphatic heterocycles. The highest BCUT2D eigenvalue weighted by atomic mass is 79.9. The molecule has 1 saturated carbocycles. The van der Waals surface area contributed by atoms with E-state index in [9.17, 15) is 0 Å².